The minimum absolute atomic E-state index is 0.0456. The fourth-order valence-corrected chi connectivity index (χ4v) is 4.08. The summed E-state index contributed by atoms with van der Waals surface area (Å²) in [6.45, 7) is 0.718. The number of hydrogen-bond acceptors (Lipinski definition) is 4. The van der Waals surface area contributed by atoms with Crippen LogP contribution in [-0.4, -0.2) is 35.6 Å². The van der Waals surface area contributed by atoms with Crippen LogP contribution in [0.2, 0.25) is 0 Å². The van der Waals surface area contributed by atoms with Crippen molar-refractivity contribution < 1.29 is 18.3 Å². The second-order valence-electron chi connectivity index (χ2n) is 8.24. The molecule has 0 unspecified atom stereocenters. The normalized spacial score (nSPS) is 26.1. The van der Waals surface area contributed by atoms with Crippen molar-refractivity contribution in [3.63, 3.8) is 0 Å². The van der Waals surface area contributed by atoms with Gasteiger partial charge < -0.3 is 9.67 Å². The van der Waals surface area contributed by atoms with Gasteiger partial charge in [-0.15, -0.1) is 0 Å². The van der Waals surface area contributed by atoms with Gasteiger partial charge in [0.2, 0.25) is 0 Å². The summed E-state index contributed by atoms with van der Waals surface area (Å²) in [6, 6.07) is 0. The van der Waals surface area contributed by atoms with E-state index in [0.29, 0.717) is 23.6 Å². The van der Waals surface area contributed by atoms with Crippen LogP contribution in [-0.2, 0) is 20.1 Å². The van der Waals surface area contributed by atoms with Crippen LogP contribution < -0.4 is 11.2 Å². The largest absolute Gasteiger partial charge is 0.417 e. The molecule has 2 aromatic heterocycles. The number of hydrogen-bond donors (Lipinski definition) is 1. The molecule has 10 heteroatoms. The van der Waals surface area contributed by atoms with Gasteiger partial charge in [0.15, 0.2) is 16.8 Å². The third-order valence-electron chi connectivity index (χ3n) is 6.15. The average molecular weight is 400 g/mol. The van der Waals surface area contributed by atoms with Crippen LogP contribution in [0, 0.1) is 11.8 Å². The Morgan fingerprint density at radius 1 is 1.14 bits per heavy atom. The van der Waals surface area contributed by atoms with Gasteiger partial charge in [-0.25, -0.2) is 9.78 Å². The smallest absolute Gasteiger partial charge is 0.380 e. The predicted octanol–water partition coefficient (Wildman–Crippen LogP) is 1.79. The first-order chi connectivity index (χ1) is 13.1. The van der Waals surface area contributed by atoms with Crippen LogP contribution in [0.5, 0.6) is 0 Å². The summed E-state index contributed by atoms with van der Waals surface area (Å²) in [5, 5.41) is 9.81. The zero-order chi connectivity index (χ0) is 20.3. The molecule has 2 aromatic rings. The van der Waals surface area contributed by atoms with Gasteiger partial charge in [0.05, 0.1) is 6.33 Å². The summed E-state index contributed by atoms with van der Waals surface area (Å²) in [7, 11) is 1.54. The van der Waals surface area contributed by atoms with Gasteiger partial charge >= 0.3 is 11.9 Å². The van der Waals surface area contributed by atoms with Gasteiger partial charge in [0, 0.05) is 20.1 Å². The molecule has 2 heterocycles. The van der Waals surface area contributed by atoms with Crippen LogP contribution in [0.3, 0.4) is 0 Å². The SMILES string of the molecule is Cn1c(=O)n(C[C@H]2CC[C@](O)(C(F)(F)F)CC2)c(=O)c2c1ncn2CC1CC1. The lowest BCUT2D eigenvalue weighted by molar-refractivity contribution is -0.272. The second kappa shape index (κ2) is 6.47. The van der Waals surface area contributed by atoms with E-state index in [4.69, 9.17) is 0 Å². The van der Waals surface area contributed by atoms with E-state index in [2.05, 4.69) is 4.98 Å². The summed E-state index contributed by atoms with van der Waals surface area (Å²) in [6.07, 6.45) is -1.53. The Morgan fingerprint density at radius 3 is 2.32 bits per heavy atom. The molecule has 0 saturated heterocycles. The van der Waals surface area contributed by atoms with Crippen molar-refractivity contribution in [3.8, 4) is 0 Å². The number of fused-ring (bicyclic) bond motifs is 1. The molecule has 0 atom stereocenters. The van der Waals surface area contributed by atoms with E-state index in [1.54, 1.807) is 17.9 Å². The molecule has 0 aromatic carbocycles. The minimum atomic E-state index is -4.67. The Balaban J connectivity index is 1.62. The molecule has 0 aliphatic heterocycles. The van der Waals surface area contributed by atoms with Crippen LogP contribution in [0.15, 0.2) is 15.9 Å². The first kappa shape index (κ1) is 19.2. The summed E-state index contributed by atoms with van der Waals surface area (Å²) >= 11 is 0. The van der Waals surface area contributed by atoms with Crippen molar-refractivity contribution >= 4 is 11.2 Å². The Hall–Kier alpha value is -2.10. The van der Waals surface area contributed by atoms with E-state index in [0.717, 1.165) is 17.4 Å². The Kier molecular flexibility index (Phi) is 4.44. The quantitative estimate of drug-likeness (QED) is 0.849. The maximum Gasteiger partial charge on any atom is 0.417 e. The van der Waals surface area contributed by atoms with Crippen LogP contribution in [0.1, 0.15) is 38.5 Å². The molecule has 4 rings (SSSR count). The molecule has 0 spiro atoms. The Bertz CT molecular complexity index is 1010. The number of alkyl halides is 3. The maximum absolute atomic E-state index is 13.0. The molecule has 2 aliphatic rings. The Morgan fingerprint density at radius 2 is 1.75 bits per heavy atom. The lowest BCUT2D eigenvalue weighted by Gasteiger charge is -2.37. The van der Waals surface area contributed by atoms with Crippen molar-refractivity contribution in [2.45, 2.75) is 63.4 Å². The van der Waals surface area contributed by atoms with Gasteiger partial charge in [0.25, 0.3) is 5.56 Å². The summed E-state index contributed by atoms with van der Waals surface area (Å²) in [5.41, 5.74) is -2.97. The first-order valence-corrected chi connectivity index (χ1v) is 9.54. The van der Waals surface area contributed by atoms with Crippen molar-refractivity contribution in [1.82, 2.24) is 18.7 Å². The summed E-state index contributed by atoms with van der Waals surface area (Å²) in [5.74, 6) is 0.242. The molecule has 7 nitrogen and oxygen atoms in total. The van der Waals surface area contributed by atoms with E-state index in [-0.39, 0.29) is 25.3 Å². The third kappa shape index (κ3) is 3.17. The fraction of sp³-hybridized carbons (Fsp3) is 0.722. The minimum Gasteiger partial charge on any atom is -0.380 e. The van der Waals surface area contributed by atoms with Gasteiger partial charge in [-0.3, -0.25) is 13.9 Å². The average Bonchev–Trinajstić information content (AvgIpc) is 3.34. The van der Waals surface area contributed by atoms with E-state index in [1.165, 1.54) is 4.57 Å². The van der Waals surface area contributed by atoms with Crippen molar-refractivity contribution in [2.24, 2.45) is 18.9 Å². The van der Waals surface area contributed by atoms with Gasteiger partial charge in [-0.2, -0.15) is 13.2 Å². The lowest BCUT2D eigenvalue weighted by atomic mass is 9.78. The van der Waals surface area contributed by atoms with E-state index in [1.807, 2.05) is 0 Å². The molecule has 2 saturated carbocycles. The highest BCUT2D eigenvalue weighted by molar-refractivity contribution is 5.69. The second-order valence-corrected chi connectivity index (χ2v) is 8.24. The zero-order valence-electron chi connectivity index (χ0n) is 15.6. The van der Waals surface area contributed by atoms with Gasteiger partial charge in [0.1, 0.15) is 0 Å². The first-order valence-electron chi connectivity index (χ1n) is 9.54. The van der Waals surface area contributed by atoms with Gasteiger partial charge in [-0.1, -0.05) is 0 Å². The highest BCUT2D eigenvalue weighted by atomic mass is 19.4. The van der Waals surface area contributed by atoms with Crippen molar-refractivity contribution in [2.75, 3.05) is 0 Å². The summed E-state index contributed by atoms with van der Waals surface area (Å²) in [4.78, 5) is 29.9. The molecule has 0 bridgehead atoms. The number of aromatic nitrogens is 4. The number of halogens is 3. The topological polar surface area (TPSA) is 82.0 Å². The monoisotopic (exact) mass is 400 g/mol. The van der Waals surface area contributed by atoms with Gasteiger partial charge in [-0.05, 0) is 50.4 Å². The number of nitrogens with zero attached hydrogens (tertiary/aromatic N) is 4. The highest BCUT2D eigenvalue weighted by Gasteiger charge is 2.54. The van der Waals surface area contributed by atoms with Crippen LogP contribution >= 0.6 is 0 Å². The predicted molar refractivity (Wildman–Crippen MR) is 94.9 cm³/mol. The molecule has 2 fully saturated rings. The van der Waals surface area contributed by atoms with Crippen LogP contribution in [0.25, 0.3) is 11.2 Å². The van der Waals surface area contributed by atoms with E-state index >= 15 is 0 Å². The lowest BCUT2D eigenvalue weighted by Crippen LogP contribution is -2.49. The fourth-order valence-electron chi connectivity index (χ4n) is 4.08. The van der Waals surface area contributed by atoms with Crippen molar-refractivity contribution in [1.29, 1.82) is 0 Å². The zero-order valence-corrected chi connectivity index (χ0v) is 15.6. The Labute approximate surface area is 158 Å². The summed E-state index contributed by atoms with van der Waals surface area (Å²) < 4.78 is 43.1. The number of aliphatic hydroxyl groups is 1. The van der Waals surface area contributed by atoms with E-state index < -0.39 is 35.9 Å². The number of aryl methyl sites for hydroxylation is 1. The number of rotatable bonds is 4. The highest BCUT2D eigenvalue weighted by Crippen LogP contribution is 2.43. The molecule has 0 amide bonds. The molecule has 154 valence electrons. The maximum atomic E-state index is 13.0. The van der Waals surface area contributed by atoms with Crippen molar-refractivity contribution in [3.05, 3.63) is 27.2 Å². The molecule has 0 radical (unpaired) electrons. The molecule has 28 heavy (non-hydrogen) atoms. The number of imidazole rings is 1. The third-order valence-corrected chi connectivity index (χ3v) is 6.15. The standard InChI is InChI=1S/C18H23F3N4O3/c1-23-14-13(24(10-22-14)8-11-2-3-11)15(26)25(16(23)27)9-12-4-6-17(28,7-5-12)18(19,20)21/h10-12,28H,2-9H2,1H3/t12-,17+. The molecule has 1 N–H and O–H groups in total. The molecule has 2 aliphatic carbocycles. The van der Waals surface area contributed by atoms with Crippen LogP contribution in [0.4, 0.5) is 13.2 Å². The molecular weight excluding hydrogens is 377 g/mol. The van der Waals surface area contributed by atoms with E-state index in [9.17, 15) is 27.9 Å². The molecular formula is C18H23F3N4O3.